The van der Waals surface area contributed by atoms with E-state index in [9.17, 15) is 22.8 Å². The second-order valence-electron chi connectivity index (χ2n) is 6.70. The van der Waals surface area contributed by atoms with E-state index < -0.39 is 21.0 Å². The molecule has 1 unspecified atom stereocenters. The van der Waals surface area contributed by atoms with E-state index in [0.29, 0.717) is 11.4 Å². The van der Waals surface area contributed by atoms with Crippen molar-refractivity contribution in [1.29, 1.82) is 0 Å². The zero-order valence-electron chi connectivity index (χ0n) is 15.1. The summed E-state index contributed by atoms with van der Waals surface area (Å²) < 4.78 is 23.1. The molecule has 0 aromatic heterocycles. The highest BCUT2D eigenvalue weighted by atomic mass is 35.5. The van der Waals surface area contributed by atoms with Gasteiger partial charge in [-0.25, -0.2) is 8.42 Å². The third-order valence-electron chi connectivity index (χ3n) is 4.74. The molecule has 2 aliphatic rings. The van der Waals surface area contributed by atoms with Crippen LogP contribution in [0.4, 0.5) is 4.79 Å². The van der Waals surface area contributed by atoms with Gasteiger partial charge in [-0.2, -0.15) is 0 Å². The molecule has 28 heavy (non-hydrogen) atoms. The summed E-state index contributed by atoms with van der Waals surface area (Å²) in [4.78, 5) is 39.8. The minimum atomic E-state index is -3.09. The molecule has 2 heterocycles. The number of nitrogens with zero attached hydrogens (tertiary/aromatic N) is 2. The van der Waals surface area contributed by atoms with Gasteiger partial charge in [-0.15, -0.1) is 0 Å². The fourth-order valence-electron chi connectivity index (χ4n) is 3.07. The Hall–Kier alpha value is -1.84. The highest BCUT2D eigenvalue weighted by Gasteiger charge is 2.36. The van der Waals surface area contributed by atoms with Crippen LogP contribution in [-0.4, -0.2) is 66.4 Å². The summed E-state index contributed by atoms with van der Waals surface area (Å²) in [6.07, 6.45) is 1.98. The van der Waals surface area contributed by atoms with Crippen molar-refractivity contribution in [2.24, 2.45) is 0 Å². The third-order valence-corrected chi connectivity index (χ3v) is 7.65. The number of halogens is 1. The van der Waals surface area contributed by atoms with Gasteiger partial charge in [0.05, 0.1) is 16.4 Å². The summed E-state index contributed by atoms with van der Waals surface area (Å²) in [5.74, 6) is -0.694. The molecular formula is C18H19ClN2O5S2. The van der Waals surface area contributed by atoms with Crippen molar-refractivity contribution < 1.29 is 22.8 Å². The van der Waals surface area contributed by atoms with Gasteiger partial charge in [0, 0.05) is 31.1 Å². The molecular weight excluding hydrogens is 424 g/mol. The lowest BCUT2D eigenvalue weighted by Gasteiger charge is -2.24. The lowest BCUT2D eigenvalue weighted by atomic mass is 10.2. The number of hydrogen-bond acceptors (Lipinski definition) is 6. The Bertz CT molecular complexity index is 943. The highest BCUT2D eigenvalue weighted by molar-refractivity contribution is 8.18. The second kappa shape index (κ2) is 8.26. The monoisotopic (exact) mass is 442 g/mol. The summed E-state index contributed by atoms with van der Waals surface area (Å²) >= 11 is 6.67. The topological polar surface area (TPSA) is 91.8 Å². The van der Waals surface area contributed by atoms with Gasteiger partial charge in [-0.3, -0.25) is 19.3 Å². The standard InChI is InChI=1S/C18H19ClN2O5S2/c1-20(14-7-9-28(25,26)11-14)16(22)6-8-21-17(23)15(27-18(21)24)10-12-2-4-13(19)5-3-12/h2-5,10,14H,6-9,11H2,1H3/b15-10-. The Morgan fingerprint density at radius 1 is 1.32 bits per heavy atom. The first kappa shape index (κ1) is 20.9. The fourth-order valence-corrected chi connectivity index (χ4v) is 5.84. The van der Waals surface area contributed by atoms with Gasteiger partial charge in [-0.05, 0) is 42.0 Å². The summed E-state index contributed by atoms with van der Waals surface area (Å²) in [5, 5.41) is 0.145. The van der Waals surface area contributed by atoms with Crippen molar-refractivity contribution in [3.63, 3.8) is 0 Å². The molecule has 1 aromatic carbocycles. The first-order valence-electron chi connectivity index (χ1n) is 8.63. The summed E-state index contributed by atoms with van der Waals surface area (Å²) in [5.41, 5.74) is 0.744. The maximum Gasteiger partial charge on any atom is 0.293 e. The number of hydrogen-bond donors (Lipinski definition) is 0. The number of carbonyl (C=O) groups is 3. The Morgan fingerprint density at radius 3 is 2.61 bits per heavy atom. The molecule has 0 saturated carbocycles. The largest absolute Gasteiger partial charge is 0.342 e. The van der Waals surface area contributed by atoms with Crippen LogP contribution in [0.25, 0.3) is 6.08 Å². The Morgan fingerprint density at radius 2 is 2.00 bits per heavy atom. The predicted octanol–water partition coefficient (Wildman–Crippen LogP) is 2.41. The van der Waals surface area contributed by atoms with E-state index in [2.05, 4.69) is 0 Å². The zero-order chi connectivity index (χ0) is 20.5. The summed E-state index contributed by atoms with van der Waals surface area (Å²) in [6, 6.07) is 6.51. The average Bonchev–Trinajstić information content (AvgIpc) is 3.13. The van der Waals surface area contributed by atoms with Crippen molar-refractivity contribution in [2.75, 3.05) is 25.1 Å². The summed E-state index contributed by atoms with van der Waals surface area (Å²) in [7, 11) is -1.54. The van der Waals surface area contributed by atoms with Crippen LogP contribution in [0, 0.1) is 0 Å². The van der Waals surface area contributed by atoms with Crippen LogP contribution in [-0.2, 0) is 19.4 Å². The fraction of sp³-hybridized carbons (Fsp3) is 0.389. The Balaban J connectivity index is 1.60. The molecule has 2 aliphatic heterocycles. The predicted molar refractivity (Wildman–Crippen MR) is 109 cm³/mol. The van der Waals surface area contributed by atoms with Gasteiger partial charge in [0.15, 0.2) is 9.84 Å². The number of imide groups is 1. The quantitative estimate of drug-likeness (QED) is 0.650. The SMILES string of the molecule is CN(C(=O)CCN1C(=O)S/C(=C\c2ccc(Cl)cc2)C1=O)C1CCS(=O)(=O)C1. The van der Waals surface area contributed by atoms with Crippen LogP contribution in [0.1, 0.15) is 18.4 Å². The molecule has 0 N–H and O–H groups in total. The molecule has 2 saturated heterocycles. The van der Waals surface area contributed by atoms with Crippen molar-refractivity contribution in [3.05, 3.63) is 39.8 Å². The van der Waals surface area contributed by atoms with Crippen LogP contribution in [0.3, 0.4) is 0 Å². The molecule has 1 atom stereocenters. The molecule has 0 bridgehead atoms. The van der Waals surface area contributed by atoms with Crippen molar-refractivity contribution in [2.45, 2.75) is 18.9 Å². The van der Waals surface area contributed by atoms with E-state index in [1.54, 1.807) is 37.4 Å². The van der Waals surface area contributed by atoms with Crippen LogP contribution in [0.5, 0.6) is 0 Å². The first-order chi connectivity index (χ1) is 13.2. The van der Waals surface area contributed by atoms with Crippen molar-refractivity contribution in [1.82, 2.24) is 9.80 Å². The van der Waals surface area contributed by atoms with Gasteiger partial charge in [0.2, 0.25) is 5.91 Å². The van der Waals surface area contributed by atoms with E-state index in [1.807, 2.05) is 0 Å². The lowest BCUT2D eigenvalue weighted by molar-refractivity contribution is -0.132. The second-order valence-corrected chi connectivity index (χ2v) is 10.4. The number of rotatable bonds is 5. The van der Waals surface area contributed by atoms with Crippen LogP contribution in [0.2, 0.25) is 5.02 Å². The molecule has 10 heteroatoms. The molecule has 0 radical (unpaired) electrons. The Labute approximate surface area is 172 Å². The molecule has 1 aromatic rings. The normalized spacial score (nSPS) is 22.9. The molecule has 2 fully saturated rings. The third kappa shape index (κ3) is 4.76. The van der Waals surface area contributed by atoms with Gasteiger partial charge in [-0.1, -0.05) is 23.7 Å². The molecule has 3 amide bonds. The highest BCUT2D eigenvalue weighted by Crippen LogP contribution is 2.32. The van der Waals surface area contributed by atoms with Crippen molar-refractivity contribution in [3.8, 4) is 0 Å². The lowest BCUT2D eigenvalue weighted by Crippen LogP contribution is -2.40. The molecule has 0 aliphatic carbocycles. The van der Waals surface area contributed by atoms with Gasteiger partial charge in [0.25, 0.3) is 11.1 Å². The number of benzene rings is 1. The smallest absolute Gasteiger partial charge is 0.293 e. The Kier molecular flexibility index (Phi) is 6.16. The number of carbonyl (C=O) groups excluding carboxylic acids is 3. The van der Waals surface area contributed by atoms with E-state index >= 15 is 0 Å². The minimum absolute atomic E-state index is 0.0364. The number of sulfone groups is 1. The van der Waals surface area contributed by atoms with Gasteiger partial charge < -0.3 is 4.90 Å². The molecule has 0 spiro atoms. The van der Waals surface area contributed by atoms with Crippen LogP contribution in [0.15, 0.2) is 29.2 Å². The van der Waals surface area contributed by atoms with E-state index in [-0.39, 0.29) is 41.3 Å². The maximum absolute atomic E-state index is 12.5. The summed E-state index contributed by atoms with van der Waals surface area (Å²) in [6.45, 7) is -0.0364. The maximum atomic E-state index is 12.5. The van der Waals surface area contributed by atoms with Crippen LogP contribution < -0.4 is 0 Å². The van der Waals surface area contributed by atoms with Crippen molar-refractivity contribution >= 4 is 56.3 Å². The van der Waals surface area contributed by atoms with Crippen LogP contribution >= 0.6 is 23.4 Å². The zero-order valence-corrected chi connectivity index (χ0v) is 17.5. The van der Waals surface area contributed by atoms with Gasteiger partial charge >= 0.3 is 0 Å². The number of thioether (sulfide) groups is 1. The first-order valence-corrected chi connectivity index (χ1v) is 11.6. The molecule has 7 nitrogen and oxygen atoms in total. The van der Waals surface area contributed by atoms with E-state index in [0.717, 1.165) is 22.2 Å². The minimum Gasteiger partial charge on any atom is -0.342 e. The average molecular weight is 443 g/mol. The number of amides is 3. The van der Waals surface area contributed by atoms with E-state index in [1.165, 1.54) is 4.90 Å². The molecule has 3 rings (SSSR count). The van der Waals surface area contributed by atoms with Gasteiger partial charge in [0.1, 0.15) is 0 Å². The molecule has 150 valence electrons. The van der Waals surface area contributed by atoms with E-state index in [4.69, 9.17) is 11.6 Å².